The van der Waals surface area contributed by atoms with Crippen LogP contribution in [0.2, 0.25) is 0 Å². The normalized spacial score (nSPS) is 26.3. The van der Waals surface area contributed by atoms with Crippen LogP contribution in [0.3, 0.4) is 0 Å². The Hall–Kier alpha value is -1.36. The van der Waals surface area contributed by atoms with Gasteiger partial charge in [0.25, 0.3) is 0 Å². The van der Waals surface area contributed by atoms with Crippen molar-refractivity contribution >= 4 is 12.4 Å². The van der Waals surface area contributed by atoms with Crippen molar-refractivity contribution in [2.24, 2.45) is 0 Å². The average molecular weight is 333 g/mol. The van der Waals surface area contributed by atoms with E-state index in [1.54, 1.807) is 0 Å². The first kappa shape index (κ1) is 16.5. The molecular formula is C18H25ClN4. The van der Waals surface area contributed by atoms with Crippen LogP contribution in [0.5, 0.6) is 0 Å². The van der Waals surface area contributed by atoms with Crippen LogP contribution in [0.1, 0.15) is 31.4 Å². The summed E-state index contributed by atoms with van der Waals surface area (Å²) in [4.78, 5) is 2.49. The Balaban J connectivity index is 0.00000156. The molecule has 0 radical (unpaired) electrons. The zero-order valence-corrected chi connectivity index (χ0v) is 14.4. The summed E-state index contributed by atoms with van der Waals surface area (Å²) in [6.45, 7) is 0.934. The van der Waals surface area contributed by atoms with E-state index in [2.05, 4.69) is 41.7 Å². The zero-order chi connectivity index (χ0) is 14.9. The monoisotopic (exact) mass is 332 g/mol. The van der Waals surface area contributed by atoms with E-state index in [1.807, 2.05) is 22.9 Å². The van der Waals surface area contributed by atoms with Gasteiger partial charge in [-0.15, -0.1) is 12.4 Å². The molecule has 2 atom stereocenters. The van der Waals surface area contributed by atoms with E-state index < -0.39 is 0 Å². The second kappa shape index (κ2) is 7.04. The number of para-hydroxylation sites is 1. The summed E-state index contributed by atoms with van der Waals surface area (Å²) in [5.74, 6) is 0. The van der Waals surface area contributed by atoms with Gasteiger partial charge >= 0.3 is 0 Å². The van der Waals surface area contributed by atoms with Gasteiger partial charge < -0.3 is 5.32 Å². The Kier molecular flexibility index (Phi) is 5.05. The topological polar surface area (TPSA) is 33.1 Å². The summed E-state index contributed by atoms with van der Waals surface area (Å²) in [5, 5.41) is 8.45. The molecule has 2 aliphatic rings. The highest BCUT2D eigenvalue weighted by molar-refractivity contribution is 5.85. The van der Waals surface area contributed by atoms with Crippen LogP contribution >= 0.6 is 12.4 Å². The Morgan fingerprint density at radius 1 is 1.13 bits per heavy atom. The zero-order valence-electron chi connectivity index (χ0n) is 13.6. The Bertz CT molecular complexity index is 615. The highest BCUT2D eigenvalue weighted by Gasteiger charge is 2.35. The van der Waals surface area contributed by atoms with Gasteiger partial charge in [0.2, 0.25) is 0 Å². The van der Waals surface area contributed by atoms with Crippen molar-refractivity contribution in [3.63, 3.8) is 0 Å². The van der Waals surface area contributed by atoms with Crippen molar-refractivity contribution in [1.29, 1.82) is 0 Å². The number of nitrogens with one attached hydrogen (secondary N) is 1. The highest BCUT2D eigenvalue weighted by Crippen LogP contribution is 2.29. The maximum atomic E-state index is 4.73. The standard InChI is InChI=1S/C18H24N4.ClH/c1-21(18-11-14-7-8-15(12-18)19-14)13-16-9-10-22(20-16)17-5-3-2-4-6-17;/h2-6,9-10,14-15,18-19H,7-8,11-13H2,1H3;1H. The minimum absolute atomic E-state index is 0. The molecule has 2 aromatic rings. The molecule has 2 bridgehead atoms. The second-order valence-electron chi connectivity index (χ2n) is 6.77. The molecule has 124 valence electrons. The number of piperidine rings is 1. The molecule has 2 saturated heterocycles. The van der Waals surface area contributed by atoms with Crippen molar-refractivity contribution in [1.82, 2.24) is 20.0 Å². The molecule has 2 unspecified atom stereocenters. The van der Waals surface area contributed by atoms with Gasteiger partial charge in [-0.1, -0.05) is 18.2 Å². The summed E-state index contributed by atoms with van der Waals surface area (Å²) < 4.78 is 1.97. The van der Waals surface area contributed by atoms with E-state index in [0.717, 1.165) is 30.0 Å². The highest BCUT2D eigenvalue weighted by atomic mass is 35.5. The molecule has 1 N–H and O–H groups in total. The molecule has 0 spiro atoms. The molecule has 4 rings (SSSR count). The number of halogens is 1. The van der Waals surface area contributed by atoms with E-state index in [9.17, 15) is 0 Å². The average Bonchev–Trinajstić information content (AvgIpc) is 3.14. The number of hydrogen-bond acceptors (Lipinski definition) is 3. The smallest absolute Gasteiger partial charge is 0.0769 e. The van der Waals surface area contributed by atoms with Gasteiger partial charge in [0, 0.05) is 30.9 Å². The van der Waals surface area contributed by atoms with Crippen LogP contribution in [0, 0.1) is 0 Å². The predicted octanol–water partition coefficient (Wildman–Crippen LogP) is 3.01. The molecule has 23 heavy (non-hydrogen) atoms. The summed E-state index contributed by atoms with van der Waals surface area (Å²) in [6, 6.07) is 14.6. The molecule has 4 nitrogen and oxygen atoms in total. The molecule has 1 aromatic carbocycles. The van der Waals surface area contributed by atoms with Gasteiger partial charge in [-0.2, -0.15) is 5.10 Å². The Labute approximate surface area is 144 Å². The van der Waals surface area contributed by atoms with Crippen molar-refractivity contribution < 1.29 is 0 Å². The van der Waals surface area contributed by atoms with Crippen LogP contribution in [-0.4, -0.2) is 39.9 Å². The number of hydrogen-bond donors (Lipinski definition) is 1. The van der Waals surface area contributed by atoms with Crippen molar-refractivity contribution in [3.8, 4) is 5.69 Å². The molecule has 1 aromatic heterocycles. The molecule has 0 aliphatic carbocycles. The number of aromatic nitrogens is 2. The van der Waals surface area contributed by atoms with Gasteiger partial charge in [-0.3, -0.25) is 4.90 Å². The van der Waals surface area contributed by atoms with E-state index in [4.69, 9.17) is 5.10 Å². The van der Waals surface area contributed by atoms with Gasteiger partial charge in [0.15, 0.2) is 0 Å². The van der Waals surface area contributed by atoms with Gasteiger partial charge in [-0.25, -0.2) is 4.68 Å². The quantitative estimate of drug-likeness (QED) is 0.934. The van der Waals surface area contributed by atoms with E-state index in [1.165, 1.54) is 25.7 Å². The summed E-state index contributed by atoms with van der Waals surface area (Å²) in [7, 11) is 2.25. The van der Waals surface area contributed by atoms with Crippen molar-refractivity contribution in [2.75, 3.05) is 7.05 Å². The van der Waals surface area contributed by atoms with Gasteiger partial charge in [0.05, 0.1) is 11.4 Å². The molecule has 2 aliphatic heterocycles. The lowest BCUT2D eigenvalue weighted by atomic mass is 9.98. The van der Waals surface area contributed by atoms with Crippen LogP contribution in [0.4, 0.5) is 0 Å². The first-order chi connectivity index (χ1) is 10.8. The Morgan fingerprint density at radius 2 is 1.83 bits per heavy atom. The summed E-state index contributed by atoms with van der Waals surface area (Å²) in [5.41, 5.74) is 2.27. The number of fused-ring (bicyclic) bond motifs is 2. The fourth-order valence-electron chi connectivity index (χ4n) is 3.94. The maximum Gasteiger partial charge on any atom is 0.0769 e. The molecular weight excluding hydrogens is 308 g/mol. The van der Waals surface area contributed by atoms with E-state index in [0.29, 0.717) is 6.04 Å². The lowest BCUT2D eigenvalue weighted by Gasteiger charge is -2.35. The fraction of sp³-hybridized carbons (Fsp3) is 0.500. The summed E-state index contributed by atoms with van der Waals surface area (Å²) in [6.07, 6.45) is 7.35. The number of nitrogens with zero attached hydrogens (tertiary/aromatic N) is 3. The molecule has 0 saturated carbocycles. The van der Waals surface area contributed by atoms with Gasteiger partial charge in [0.1, 0.15) is 0 Å². The first-order valence-electron chi connectivity index (χ1n) is 8.34. The minimum atomic E-state index is 0. The first-order valence-corrected chi connectivity index (χ1v) is 8.34. The lowest BCUT2D eigenvalue weighted by Crippen LogP contribution is -2.46. The third-order valence-corrected chi connectivity index (χ3v) is 5.15. The van der Waals surface area contributed by atoms with Crippen molar-refractivity contribution in [2.45, 2.75) is 50.4 Å². The molecule has 2 fully saturated rings. The largest absolute Gasteiger partial charge is 0.311 e. The third-order valence-electron chi connectivity index (χ3n) is 5.15. The molecule has 3 heterocycles. The molecule has 0 amide bonds. The van der Waals surface area contributed by atoms with Crippen molar-refractivity contribution in [3.05, 3.63) is 48.3 Å². The second-order valence-corrected chi connectivity index (χ2v) is 6.77. The SMILES string of the molecule is CN(Cc1ccn(-c2ccccc2)n1)C1CC2CCC(C1)N2.Cl. The summed E-state index contributed by atoms with van der Waals surface area (Å²) >= 11 is 0. The van der Waals surface area contributed by atoms with Crippen LogP contribution < -0.4 is 5.32 Å². The maximum absolute atomic E-state index is 4.73. The van der Waals surface area contributed by atoms with Crippen LogP contribution in [-0.2, 0) is 6.54 Å². The van der Waals surface area contributed by atoms with Crippen LogP contribution in [0.15, 0.2) is 42.6 Å². The van der Waals surface area contributed by atoms with Crippen LogP contribution in [0.25, 0.3) is 5.69 Å². The molecule has 5 heteroatoms. The van der Waals surface area contributed by atoms with E-state index >= 15 is 0 Å². The van der Waals surface area contributed by atoms with E-state index in [-0.39, 0.29) is 12.4 Å². The number of benzene rings is 1. The fourth-order valence-corrected chi connectivity index (χ4v) is 3.94. The third kappa shape index (κ3) is 3.60. The van der Waals surface area contributed by atoms with Gasteiger partial charge in [-0.05, 0) is 50.9 Å². The number of rotatable bonds is 4. The lowest BCUT2D eigenvalue weighted by molar-refractivity contribution is 0.164. The Morgan fingerprint density at radius 3 is 2.52 bits per heavy atom. The minimum Gasteiger partial charge on any atom is -0.311 e. The predicted molar refractivity (Wildman–Crippen MR) is 95.2 cm³/mol.